The van der Waals surface area contributed by atoms with Crippen LogP contribution in [-0.2, 0) is 17.8 Å². The van der Waals surface area contributed by atoms with Crippen LogP contribution in [0.1, 0.15) is 67.3 Å². The lowest BCUT2D eigenvalue weighted by Crippen LogP contribution is -2.27. The number of carbonyl (C=O) groups excluding carboxylic acids is 1. The number of aromatic nitrogens is 1. The van der Waals surface area contributed by atoms with Gasteiger partial charge in [0.1, 0.15) is 18.1 Å². The third-order valence-corrected chi connectivity index (χ3v) is 7.77. The summed E-state index contributed by atoms with van der Waals surface area (Å²) in [6, 6.07) is 26.5. The zero-order chi connectivity index (χ0) is 27.9. The number of aliphatic hydroxyl groups is 1. The quantitative estimate of drug-likeness (QED) is 0.159. The number of unbranched alkanes of at least 4 members (excludes halogenated alkanes) is 1. The van der Waals surface area contributed by atoms with Crippen molar-refractivity contribution in [3.05, 3.63) is 113 Å². The van der Waals surface area contributed by atoms with Crippen molar-refractivity contribution < 1.29 is 14.6 Å². The van der Waals surface area contributed by atoms with Crippen LogP contribution in [0.15, 0.2) is 95.2 Å². The van der Waals surface area contributed by atoms with Crippen LogP contribution in [0.3, 0.4) is 0 Å². The van der Waals surface area contributed by atoms with Gasteiger partial charge in [0.05, 0.1) is 5.57 Å². The maximum atomic E-state index is 13.3. The molecule has 5 heteroatoms. The molecule has 1 unspecified atom stereocenters. The summed E-state index contributed by atoms with van der Waals surface area (Å²) in [7, 11) is 0. The number of aliphatic hydroxyl groups excluding tert-OH is 1. The van der Waals surface area contributed by atoms with E-state index in [0.29, 0.717) is 38.0 Å². The number of ether oxygens (including phenoxy) is 1. The fourth-order valence-corrected chi connectivity index (χ4v) is 5.61. The fraction of sp³-hybridized carbons (Fsp3) is 0.314. The van der Waals surface area contributed by atoms with Gasteiger partial charge in [-0.3, -0.25) is 9.79 Å². The van der Waals surface area contributed by atoms with Crippen LogP contribution in [0, 0.1) is 6.92 Å². The Balaban J connectivity index is 1.37. The Labute approximate surface area is 236 Å². The topological polar surface area (TPSA) is 74.7 Å². The molecule has 5 nitrogen and oxygen atoms in total. The van der Waals surface area contributed by atoms with Gasteiger partial charge in [0, 0.05) is 41.7 Å². The van der Waals surface area contributed by atoms with Crippen LogP contribution >= 0.6 is 0 Å². The number of benzene rings is 3. The third kappa shape index (κ3) is 6.36. The van der Waals surface area contributed by atoms with Gasteiger partial charge >= 0.3 is 0 Å². The lowest BCUT2D eigenvalue weighted by Gasteiger charge is -2.26. The SMILES string of the molecule is CCCC/C(O)=C1\C(=O)CC(c2ccccc2)CC1=NCCc1c(C)[nH]c2ccc(OCc3ccccc3)cc12. The van der Waals surface area contributed by atoms with E-state index >= 15 is 0 Å². The van der Waals surface area contributed by atoms with Gasteiger partial charge in [-0.05, 0) is 67.0 Å². The van der Waals surface area contributed by atoms with E-state index in [-0.39, 0.29) is 17.5 Å². The lowest BCUT2D eigenvalue weighted by atomic mass is 9.78. The molecule has 206 valence electrons. The van der Waals surface area contributed by atoms with Gasteiger partial charge in [0.2, 0.25) is 0 Å². The molecule has 3 aromatic carbocycles. The summed E-state index contributed by atoms with van der Waals surface area (Å²) in [6.45, 7) is 5.23. The van der Waals surface area contributed by atoms with Gasteiger partial charge in [-0.1, -0.05) is 74.0 Å². The van der Waals surface area contributed by atoms with Crippen molar-refractivity contribution in [1.82, 2.24) is 4.98 Å². The van der Waals surface area contributed by atoms with Crippen LogP contribution in [0.4, 0.5) is 0 Å². The molecular weight excluding hydrogens is 496 g/mol. The second-order valence-corrected chi connectivity index (χ2v) is 10.7. The van der Waals surface area contributed by atoms with Crippen molar-refractivity contribution in [2.75, 3.05) is 6.54 Å². The molecular formula is C35H38N2O3. The predicted molar refractivity (Wildman–Crippen MR) is 162 cm³/mol. The van der Waals surface area contributed by atoms with E-state index in [2.05, 4.69) is 55.2 Å². The van der Waals surface area contributed by atoms with Crippen molar-refractivity contribution in [3.8, 4) is 5.75 Å². The first kappa shape index (κ1) is 27.4. The largest absolute Gasteiger partial charge is 0.511 e. The number of aliphatic imine (C=N–C) groups is 1. The first-order chi connectivity index (χ1) is 19.5. The van der Waals surface area contributed by atoms with Crippen LogP contribution in [0.2, 0.25) is 0 Å². The maximum absolute atomic E-state index is 13.3. The van der Waals surface area contributed by atoms with E-state index in [0.717, 1.165) is 58.4 Å². The fourth-order valence-electron chi connectivity index (χ4n) is 5.61. The van der Waals surface area contributed by atoms with Gasteiger partial charge in [-0.15, -0.1) is 0 Å². The number of allylic oxidation sites excluding steroid dienone is 2. The second-order valence-electron chi connectivity index (χ2n) is 10.7. The molecule has 0 aliphatic heterocycles. The highest BCUT2D eigenvalue weighted by Crippen LogP contribution is 2.34. The monoisotopic (exact) mass is 534 g/mol. The van der Waals surface area contributed by atoms with Gasteiger partial charge in [0.25, 0.3) is 0 Å². The number of fused-ring (bicyclic) bond motifs is 1. The normalized spacial score (nSPS) is 17.9. The molecule has 1 saturated carbocycles. The zero-order valence-electron chi connectivity index (χ0n) is 23.5. The molecule has 0 amide bonds. The number of rotatable bonds is 10. The molecule has 0 radical (unpaired) electrons. The smallest absolute Gasteiger partial charge is 0.168 e. The Bertz CT molecular complexity index is 1520. The molecule has 1 atom stereocenters. The average molecular weight is 535 g/mol. The Morgan fingerprint density at radius 3 is 2.52 bits per heavy atom. The predicted octanol–water partition coefficient (Wildman–Crippen LogP) is 8.19. The molecule has 1 heterocycles. The van der Waals surface area contributed by atoms with Gasteiger partial charge in [-0.2, -0.15) is 0 Å². The van der Waals surface area contributed by atoms with E-state index in [1.807, 2.05) is 42.5 Å². The number of ketones is 1. The molecule has 5 rings (SSSR count). The molecule has 0 saturated heterocycles. The number of Topliss-reactive ketones (excluding diaryl/α,β-unsaturated/α-hetero) is 1. The zero-order valence-corrected chi connectivity index (χ0v) is 23.5. The number of hydrogen-bond acceptors (Lipinski definition) is 4. The molecule has 1 aromatic heterocycles. The summed E-state index contributed by atoms with van der Waals surface area (Å²) in [5, 5.41) is 12.0. The van der Waals surface area contributed by atoms with E-state index < -0.39 is 0 Å². The minimum atomic E-state index is -0.00376. The van der Waals surface area contributed by atoms with Crippen LogP contribution in [0.25, 0.3) is 10.9 Å². The molecule has 1 aliphatic carbocycles. The minimum Gasteiger partial charge on any atom is -0.511 e. The van der Waals surface area contributed by atoms with Gasteiger partial charge in [-0.25, -0.2) is 0 Å². The second kappa shape index (κ2) is 12.8. The van der Waals surface area contributed by atoms with E-state index in [4.69, 9.17) is 9.73 Å². The van der Waals surface area contributed by atoms with Crippen molar-refractivity contribution in [2.24, 2.45) is 4.99 Å². The highest BCUT2D eigenvalue weighted by Gasteiger charge is 2.32. The maximum Gasteiger partial charge on any atom is 0.168 e. The summed E-state index contributed by atoms with van der Waals surface area (Å²) in [5.74, 6) is 1.10. The molecule has 40 heavy (non-hydrogen) atoms. The number of H-pyrrole nitrogens is 1. The summed E-state index contributed by atoms with van der Waals surface area (Å²) >= 11 is 0. The van der Waals surface area contributed by atoms with Crippen LogP contribution in [-0.4, -0.2) is 28.1 Å². The number of nitrogens with one attached hydrogen (secondary N) is 1. The lowest BCUT2D eigenvalue weighted by molar-refractivity contribution is -0.116. The van der Waals surface area contributed by atoms with E-state index in [1.54, 1.807) is 0 Å². The molecule has 1 fully saturated rings. The summed E-state index contributed by atoms with van der Waals surface area (Å²) in [4.78, 5) is 21.8. The number of aryl methyl sites for hydroxylation is 1. The van der Waals surface area contributed by atoms with Crippen molar-refractivity contribution >= 4 is 22.4 Å². The van der Waals surface area contributed by atoms with Crippen molar-refractivity contribution in [1.29, 1.82) is 0 Å². The summed E-state index contributed by atoms with van der Waals surface area (Å²) < 4.78 is 6.09. The Kier molecular flexibility index (Phi) is 8.80. The van der Waals surface area contributed by atoms with Crippen molar-refractivity contribution in [2.45, 2.75) is 64.9 Å². The Morgan fingerprint density at radius 2 is 1.77 bits per heavy atom. The van der Waals surface area contributed by atoms with Crippen molar-refractivity contribution in [3.63, 3.8) is 0 Å². The first-order valence-corrected chi connectivity index (χ1v) is 14.3. The molecule has 0 bridgehead atoms. The highest BCUT2D eigenvalue weighted by atomic mass is 16.5. The van der Waals surface area contributed by atoms with Crippen LogP contribution in [0.5, 0.6) is 5.75 Å². The van der Waals surface area contributed by atoms with E-state index in [1.165, 1.54) is 5.56 Å². The number of carbonyl (C=O) groups is 1. The molecule has 1 aliphatic rings. The average Bonchev–Trinajstić information content (AvgIpc) is 3.29. The molecule has 2 N–H and O–H groups in total. The third-order valence-electron chi connectivity index (χ3n) is 7.77. The first-order valence-electron chi connectivity index (χ1n) is 14.3. The molecule has 0 spiro atoms. The Hall–Kier alpha value is -4.12. The summed E-state index contributed by atoms with van der Waals surface area (Å²) in [6.07, 6.45) is 4.11. The van der Waals surface area contributed by atoms with Gasteiger partial charge in [0.15, 0.2) is 5.78 Å². The van der Waals surface area contributed by atoms with Gasteiger partial charge < -0.3 is 14.8 Å². The standard InChI is InChI=1S/C35H38N2O3/c1-3-4-15-33(38)35-32(20-27(21-34(35)39)26-13-9-6-10-14-26)36-19-18-29-24(2)37-31-17-16-28(22-30(29)31)40-23-25-11-7-5-8-12-25/h5-14,16-17,22,27,37-38H,3-4,15,18-21,23H2,1-2H3/b35-33+,36-32?. The number of nitrogens with zero attached hydrogens (tertiary/aromatic N) is 1. The number of hydrogen-bond donors (Lipinski definition) is 2. The number of aromatic amines is 1. The summed E-state index contributed by atoms with van der Waals surface area (Å²) in [5.41, 5.74) is 6.85. The Morgan fingerprint density at radius 1 is 1.02 bits per heavy atom. The molecule has 4 aromatic rings. The van der Waals surface area contributed by atoms with E-state index in [9.17, 15) is 9.90 Å². The van der Waals surface area contributed by atoms with Crippen LogP contribution < -0.4 is 4.74 Å². The highest BCUT2D eigenvalue weighted by molar-refractivity contribution is 6.24. The minimum absolute atomic E-state index is 0.00376.